The fourth-order valence-electron chi connectivity index (χ4n) is 2.75. The molecule has 0 radical (unpaired) electrons. The Morgan fingerprint density at radius 2 is 1.90 bits per heavy atom. The third kappa shape index (κ3) is 6.78. The van der Waals surface area contributed by atoms with Gasteiger partial charge in [-0.15, -0.1) is 0 Å². The Kier molecular flexibility index (Phi) is 6.23. The number of likely N-dealkylation sites (tertiary alicyclic amines) is 1. The molecule has 0 aliphatic carbocycles. The average molecular weight is 319 g/mol. The molecule has 0 aromatic carbocycles. The summed E-state index contributed by atoms with van der Waals surface area (Å²) in [5, 5.41) is 0. The summed E-state index contributed by atoms with van der Waals surface area (Å²) < 4.78 is 28.0. The molecule has 0 bridgehead atoms. The highest BCUT2D eigenvalue weighted by Gasteiger charge is 2.35. The first-order valence-corrected chi connectivity index (χ1v) is 9.72. The van der Waals surface area contributed by atoms with Gasteiger partial charge in [-0.3, -0.25) is 9.69 Å². The Morgan fingerprint density at radius 1 is 1.29 bits per heavy atom. The molecule has 0 N–H and O–H groups in total. The van der Waals surface area contributed by atoms with Crippen molar-refractivity contribution in [3.05, 3.63) is 0 Å². The van der Waals surface area contributed by atoms with E-state index >= 15 is 0 Å². The number of carbonyl (C=O) groups excluding carboxylic acids is 1. The zero-order valence-corrected chi connectivity index (χ0v) is 14.7. The number of carbonyl (C=O) groups is 1. The van der Waals surface area contributed by atoms with Gasteiger partial charge in [0.05, 0.1) is 5.75 Å². The van der Waals surface area contributed by atoms with Crippen molar-refractivity contribution in [3.63, 3.8) is 0 Å². The first kappa shape index (κ1) is 18.4. The molecule has 1 saturated heterocycles. The minimum Gasteiger partial charge on any atom is -0.459 e. The molecular weight excluding hydrogens is 290 g/mol. The summed E-state index contributed by atoms with van der Waals surface area (Å²) in [7, 11) is -2.95. The van der Waals surface area contributed by atoms with E-state index in [1.165, 1.54) is 6.26 Å². The van der Waals surface area contributed by atoms with Crippen LogP contribution in [0.2, 0.25) is 0 Å². The van der Waals surface area contributed by atoms with Gasteiger partial charge in [0.25, 0.3) is 0 Å². The summed E-state index contributed by atoms with van der Waals surface area (Å²) in [4.78, 5) is 14.5. The minimum atomic E-state index is -2.95. The molecule has 1 aliphatic rings. The lowest BCUT2D eigenvalue weighted by atomic mass is 9.96. The van der Waals surface area contributed by atoms with Gasteiger partial charge in [0.2, 0.25) is 0 Å². The third-order valence-corrected chi connectivity index (χ3v) is 4.71. The van der Waals surface area contributed by atoms with Crippen molar-refractivity contribution in [3.8, 4) is 0 Å². The average Bonchev–Trinajstić information content (AvgIpc) is 2.27. The van der Waals surface area contributed by atoms with Crippen LogP contribution in [0.5, 0.6) is 0 Å². The van der Waals surface area contributed by atoms with Gasteiger partial charge >= 0.3 is 5.97 Å². The lowest BCUT2D eigenvalue weighted by Gasteiger charge is -2.40. The molecule has 2 atom stereocenters. The van der Waals surface area contributed by atoms with Gasteiger partial charge in [0, 0.05) is 18.8 Å². The summed E-state index contributed by atoms with van der Waals surface area (Å²) in [5.74, 6) is -0.0227. The van der Waals surface area contributed by atoms with Crippen LogP contribution >= 0.6 is 0 Å². The van der Waals surface area contributed by atoms with Gasteiger partial charge in [-0.25, -0.2) is 8.42 Å². The van der Waals surface area contributed by atoms with Crippen molar-refractivity contribution >= 4 is 15.8 Å². The molecule has 1 aliphatic heterocycles. The molecule has 1 fully saturated rings. The van der Waals surface area contributed by atoms with Gasteiger partial charge in [0.1, 0.15) is 21.5 Å². The third-order valence-electron chi connectivity index (χ3n) is 3.68. The van der Waals surface area contributed by atoms with Crippen molar-refractivity contribution < 1.29 is 17.9 Å². The molecule has 0 aromatic heterocycles. The largest absolute Gasteiger partial charge is 0.459 e. The van der Waals surface area contributed by atoms with Crippen LogP contribution in [0.1, 0.15) is 53.4 Å². The Balaban J connectivity index is 2.68. The summed E-state index contributed by atoms with van der Waals surface area (Å²) >= 11 is 0. The summed E-state index contributed by atoms with van der Waals surface area (Å²) in [6.45, 7) is 8.32. The quantitative estimate of drug-likeness (QED) is 0.725. The van der Waals surface area contributed by atoms with E-state index in [4.69, 9.17) is 4.74 Å². The normalized spacial score (nSPS) is 24.8. The van der Waals surface area contributed by atoms with E-state index in [1.54, 1.807) is 0 Å². The molecule has 0 amide bonds. The number of hydrogen-bond donors (Lipinski definition) is 0. The van der Waals surface area contributed by atoms with Crippen LogP contribution in [-0.4, -0.2) is 55.5 Å². The number of rotatable bonds is 5. The van der Waals surface area contributed by atoms with Crippen molar-refractivity contribution in [2.45, 2.75) is 71.1 Å². The summed E-state index contributed by atoms with van der Waals surface area (Å²) in [6, 6.07) is 0.0448. The van der Waals surface area contributed by atoms with E-state index in [9.17, 15) is 13.2 Å². The Labute approximate surface area is 129 Å². The van der Waals surface area contributed by atoms with Crippen LogP contribution < -0.4 is 0 Å². The standard InChI is InChI=1S/C15H29NO4S/c1-12-8-6-9-13(14(17)20-15(2,3)4)16(12)10-7-11-21(5,18)19/h12-13H,6-11H2,1-5H3/t12-,13-/m1/s1. The van der Waals surface area contributed by atoms with Gasteiger partial charge in [-0.1, -0.05) is 0 Å². The zero-order valence-electron chi connectivity index (χ0n) is 13.9. The molecule has 1 heterocycles. The van der Waals surface area contributed by atoms with Crippen LogP contribution in [0.3, 0.4) is 0 Å². The predicted octanol–water partition coefficient (Wildman–Crippen LogP) is 2.01. The SMILES string of the molecule is C[C@@H]1CCC[C@H](C(=O)OC(C)(C)C)N1CCCS(C)(=O)=O. The van der Waals surface area contributed by atoms with E-state index in [0.29, 0.717) is 13.0 Å². The second kappa shape index (κ2) is 7.09. The molecular formula is C15H29NO4S. The number of esters is 1. The number of nitrogens with zero attached hydrogens (tertiary/aromatic N) is 1. The molecule has 0 aromatic rings. The van der Waals surface area contributed by atoms with Crippen molar-refractivity contribution in [2.75, 3.05) is 18.6 Å². The van der Waals surface area contributed by atoms with Crippen molar-refractivity contribution in [1.82, 2.24) is 4.90 Å². The molecule has 5 nitrogen and oxygen atoms in total. The lowest BCUT2D eigenvalue weighted by molar-refractivity contribution is -0.164. The van der Waals surface area contributed by atoms with Gasteiger partial charge < -0.3 is 4.74 Å². The zero-order chi connectivity index (χ0) is 16.3. The topological polar surface area (TPSA) is 63.7 Å². The predicted molar refractivity (Wildman–Crippen MR) is 84.0 cm³/mol. The van der Waals surface area contributed by atoms with Crippen molar-refractivity contribution in [1.29, 1.82) is 0 Å². The number of piperidine rings is 1. The number of sulfone groups is 1. The van der Waals surface area contributed by atoms with Gasteiger partial charge in [0.15, 0.2) is 0 Å². The van der Waals surface area contributed by atoms with E-state index in [-0.39, 0.29) is 23.8 Å². The fourth-order valence-corrected chi connectivity index (χ4v) is 3.41. The molecule has 0 unspecified atom stereocenters. The van der Waals surface area contributed by atoms with Crippen LogP contribution in [0, 0.1) is 0 Å². The molecule has 0 spiro atoms. The molecule has 124 valence electrons. The van der Waals surface area contributed by atoms with Crippen LogP contribution in [0.4, 0.5) is 0 Å². The number of hydrogen-bond acceptors (Lipinski definition) is 5. The summed E-state index contributed by atoms with van der Waals surface area (Å²) in [6.07, 6.45) is 4.64. The smallest absolute Gasteiger partial charge is 0.323 e. The summed E-state index contributed by atoms with van der Waals surface area (Å²) in [5.41, 5.74) is -0.490. The maximum Gasteiger partial charge on any atom is 0.323 e. The van der Waals surface area contributed by atoms with E-state index < -0.39 is 15.4 Å². The Morgan fingerprint density at radius 3 is 2.43 bits per heavy atom. The van der Waals surface area contributed by atoms with E-state index in [0.717, 1.165) is 19.3 Å². The highest BCUT2D eigenvalue weighted by Crippen LogP contribution is 2.25. The van der Waals surface area contributed by atoms with Crippen molar-refractivity contribution in [2.24, 2.45) is 0 Å². The van der Waals surface area contributed by atoms with Crippen LogP contribution in [0.15, 0.2) is 0 Å². The molecule has 6 heteroatoms. The molecule has 21 heavy (non-hydrogen) atoms. The van der Waals surface area contributed by atoms with E-state index in [1.807, 2.05) is 20.8 Å². The van der Waals surface area contributed by atoms with Gasteiger partial charge in [-0.2, -0.15) is 0 Å². The monoisotopic (exact) mass is 319 g/mol. The highest BCUT2D eigenvalue weighted by molar-refractivity contribution is 7.90. The Hall–Kier alpha value is -0.620. The number of ether oxygens (including phenoxy) is 1. The van der Waals surface area contributed by atoms with Gasteiger partial charge in [-0.05, 0) is 53.4 Å². The first-order chi connectivity index (χ1) is 9.49. The minimum absolute atomic E-state index is 0.164. The second-order valence-corrected chi connectivity index (χ2v) is 9.31. The Bertz CT molecular complexity index is 453. The highest BCUT2D eigenvalue weighted by atomic mass is 32.2. The maximum atomic E-state index is 12.3. The lowest BCUT2D eigenvalue weighted by Crippen LogP contribution is -2.51. The molecule has 0 saturated carbocycles. The maximum absolute atomic E-state index is 12.3. The molecule has 1 rings (SSSR count). The second-order valence-electron chi connectivity index (χ2n) is 7.05. The first-order valence-electron chi connectivity index (χ1n) is 7.66. The van der Waals surface area contributed by atoms with Crippen LogP contribution in [0.25, 0.3) is 0 Å². The van der Waals surface area contributed by atoms with Crippen LogP contribution in [-0.2, 0) is 19.4 Å². The fraction of sp³-hybridized carbons (Fsp3) is 0.933. The van der Waals surface area contributed by atoms with E-state index in [2.05, 4.69) is 11.8 Å².